The van der Waals surface area contributed by atoms with Crippen LogP contribution >= 0.6 is 0 Å². The van der Waals surface area contributed by atoms with Crippen molar-refractivity contribution in [3.63, 3.8) is 0 Å². The first-order valence-corrected chi connectivity index (χ1v) is 8.72. The molecule has 3 heterocycles. The van der Waals surface area contributed by atoms with E-state index in [4.69, 9.17) is 0 Å². The van der Waals surface area contributed by atoms with Crippen LogP contribution in [0.3, 0.4) is 0 Å². The Morgan fingerprint density at radius 3 is 2.92 bits per heavy atom. The lowest BCUT2D eigenvalue weighted by molar-refractivity contribution is -0.0323. The van der Waals surface area contributed by atoms with Gasteiger partial charge in [0.05, 0.1) is 12.7 Å². The molecule has 2 N–H and O–H groups in total. The number of β-amino-alcohol motifs (C(OH)–C–C–N with tert-alkyl or cyclic N) is 1. The van der Waals surface area contributed by atoms with Gasteiger partial charge in [-0.2, -0.15) is 15.4 Å². The topological polar surface area (TPSA) is 87.0 Å². The number of hydrogen-bond donors (Lipinski definition) is 2. The number of likely N-dealkylation sites (tertiary alicyclic amines) is 1. The largest absolute Gasteiger partial charge is 0.382 e. The van der Waals surface area contributed by atoms with Gasteiger partial charge in [0.25, 0.3) is 5.91 Å². The number of nitrogens with zero attached hydrogens (tertiary/aromatic N) is 4. The third-order valence-electron chi connectivity index (χ3n) is 5.37. The van der Waals surface area contributed by atoms with E-state index in [9.17, 15) is 9.90 Å². The van der Waals surface area contributed by atoms with Crippen LogP contribution in [-0.4, -0.2) is 49.0 Å². The monoisotopic (exact) mass is 329 g/mol. The van der Waals surface area contributed by atoms with Gasteiger partial charge in [0.1, 0.15) is 17.0 Å². The smallest absolute Gasteiger partial charge is 0.270 e. The van der Waals surface area contributed by atoms with Crippen LogP contribution in [0.2, 0.25) is 0 Å². The van der Waals surface area contributed by atoms with E-state index in [1.54, 1.807) is 4.90 Å². The maximum absolute atomic E-state index is 13.0. The Morgan fingerprint density at radius 2 is 2.17 bits per heavy atom. The van der Waals surface area contributed by atoms with E-state index in [1.165, 1.54) is 19.0 Å². The SMILES string of the molecule is O=C(c1cccn1C1CCCC1)N1CCC[C@](O)(c2cn[nH]n2)C1. The molecule has 1 aliphatic heterocycles. The zero-order chi connectivity index (χ0) is 16.6. The van der Waals surface area contributed by atoms with Gasteiger partial charge in [-0.1, -0.05) is 12.8 Å². The van der Waals surface area contributed by atoms with Crippen molar-refractivity contribution in [2.75, 3.05) is 13.1 Å². The lowest BCUT2D eigenvalue weighted by Gasteiger charge is -2.38. The average molecular weight is 329 g/mol. The van der Waals surface area contributed by atoms with E-state index in [0.717, 1.165) is 25.0 Å². The number of aromatic amines is 1. The Bertz CT molecular complexity index is 704. The van der Waals surface area contributed by atoms with Crippen molar-refractivity contribution in [1.29, 1.82) is 0 Å². The van der Waals surface area contributed by atoms with Crippen molar-refractivity contribution in [3.8, 4) is 0 Å². The van der Waals surface area contributed by atoms with E-state index in [1.807, 2.05) is 18.3 Å². The summed E-state index contributed by atoms with van der Waals surface area (Å²) in [5.41, 5.74) is 0.114. The molecule has 0 bridgehead atoms. The van der Waals surface area contributed by atoms with Gasteiger partial charge >= 0.3 is 0 Å². The number of H-pyrrole nitrogens is 1. The van der Waals surface area contributed by atoms with E-state index in [0.29, 0.717) is 24.7 Å². The highest BCUT2D eigenvalue weighted by Gasteiger charge is 2.39. The molecule has 7 heteroatoms. The summed E-state index contributed by atoms with van der Waals surface area (Å²) in [6.45, 7) is 0.920. The summed E-state index contributed by atoms with van der Waals surface area (Å²) in [4.78, 5) is 14.8. The van der Waals surface area contributed by atoms with Crippen LogP contribution in [0.4, 0.5) is 0 Å². The van der Waals surface area contributed by atoms with E-state index >= 15 is 0 Å². The number of aliphatic hydroxyl groups is 1. The third-order valence-corrected chi connectivity index (χ3v) is 5.37. The number of piperidine rings is 1. The lowest BCUT2D eigenvalue weighted by atomic mass is 9.90. The fourth-order valence-corrected chi connectivity index (χ4v) is 4.08. The van der Waals surface area contributed by atoms with Gasteiger partial charge < -0.3 is 14.6 Å². The standard InChI is InChI=1S/C17H23N5O2/c23-16(14-7-3-10-22(14)13-5-1-2-6-13)21-9-4-8-17(24,12-21)15-11-18-20-19-15/h3,7,10-11,13,24H,1-2,4-6,8-9,12H2,(H,18,19,20)/t17-/m1/s1. The van der Waals surface area contributed by atoms with E-state index in [-0.39, 0.29) is 12.5 Å². The second-order valence-electron chi connectivity index (χ2n) is 6.96. The van der Waals surface area contributed by atoms with Gasteiger partial charge in [0.15, 0.2) is 0 Å². The number of aromatic nitrogens is 4. The van der Waals surface area contributed by atoms with Crippen LogP contribution < -0.4 is 0 Å². The first kappa shape index (κ1) is 15.4. The molecular weight excluding hydrogens is 306 g/mol. The van der Waals surface area contributed by atoms with Crippen molar-refractivity contribution in [2.45, 2.75) is 50.2 Å². The molecular formula is C17H23N5O2. The minimum atomic E-state index is -1.12. The fourth-order valence-electron chi connectivity index (χ4n) is 4.08. The van der Waals surface area contributed by atoms with E-state index in [2.05, 4.69) is 20.0 Å². The van der Waals surface area contributed by atoms with Gasteiger partial charge in [0, 0.05) is 18.8 Å². The summed E-state index contributed by atoms with van der Waals surface area (Å²) in [6.07, 6.45) is 9.62. The summed E-state index contributed by atoms with van der Waals surface area (Å²) in [5, 5.41) is 21.3. The molecule has 7 nitrogen and oxygen atoms in total. The van der Waals surface area contributed by atoms with Crippen molar-refractivity contribution in [2.24, 2.45) is 0 Å². The number of hydrogen-bond acceptors (Lipinski definition) is 4. The van der Waals surface area contributed by atoms with Crippen molar-refractivity contribution in [3.05, 3.63) is 35.9 Å². The Kier molecular flexibility index (Phi) is 3.88. The molecule has 2 aromatic heterocycles. The molecule has 2 fully saturated rings. The molecule has 1 saturated heterocycles. The summed E-state index contributed by atoms with van der Waals surface area (Å²) in [7, 11) is 0. The highest BCUT2D eigenvalue weighted by molar-refractivity contribution is 5.93. The second-order valence-corrected chi connectivity index (χ2v) is 6.96. The number of amides is 1. The molecule has 1 atom stereocenters. The summed E-state index contributed by atoms with van der Waals surface area (Å²) in [5.74, 6) is -0.00600. The Labute approximate surface area is 140 Å². The molecule has 2 aliphatic rings. The zero-order valence-corrected chi connectivity index (χ0v) is 13.7. The number of carbonyl (C=O) groups is 1. The summed E-state index contributed by atoms with van der Waals surface area (Å²) in [6, 6.07) is 4.27. The quantitative estimate of drug-likeness (QED) is 0.899. The molecule has 24 heavy (non-hydrogen) atoms. The second kappa shape index (κ2) is 6.05. The van der Waals surface area contributed by atoms with Gasteiger partial charge in [-0.25, -0.2) is 0 Å². The average Bonchev–Trinajstić information content (AvgIpc) is 3.35. The minimum absolute atomic E-state index is 0.00600. The van der Waals surface area contributed by atoms with Crippen molar-refractivity contribution in [1.82, 2.24) is 24.9 Å². The molecule has 0 aromatic carbocycles. The van der Waals surface area contributed by atoms with Gasteiger partial charge in [-0.15, -0.1) is 0 Å². The molecule has 1 saturated carbocycles. The molecule has 0 radical (unpaired) electrons. The molecule has 2 aromatic rings. The third kappa shape index (κ3) is 2.62. The van der Waals surface area contributed by atoms with Crippen LogP contribution in [0.25, 0.3) is 0 Å². The fraction of sp³-hybridized carbons (Fsp3) is 0.588. The molecule has 4 rings (SSSR count). The Balaban J connectivity index is 1.55. The van der Waals surface area contributed by atoms with Crippen LogP contribution in [0.15, 0.2) is 24.5 Å². The van der Waals surface area contributed by atoms with Crippen LogP contribution in [0.1, 0.15) is 60.7 Å². The zero-order valence-electron chi connectivity index (χ0n) is 13.7. The van der Waals surface area contributed by atoms with Crippen LogP contribution in [0, 0.1) is 0 Å². The normalized spacial score (nSPS) is 25.3. The van der Waals surface area contributed by atoms with Gasteiger partial charge in [-0.3, -0.25) is 4.79 Å². The van der Waals surface area contributed by atoms with Crippen molar-refractivity contribution < 1.29 is 9.90 Å². The summed E-state index contributed by atoms with van der Waals surface area (Å²) < 4.78 is 2.12. The van der Waals surface area contributed by atoms with Crippen molar-refractivity contribution >= 4 is 5.91 Å². The first-order chi connectivity index (χ1) is 11.7. The molecule has 1 amide bonds. The highest BCUT2D eigenvalue weighted by atomic mass is 16.3. The number of nitrogens with one attached hydrogen (secondary N) is 1. The van der Waals surface area contributed by atoms with Crippen LogP contribution in [0.5, 0.6) is 0 Å². The number of carbonyl (C=O) groups excluding carboxylic acids is 1. The Hall–Kier alpha value is -2.15. The van der Waals surface area contributed by atoms with E-state index < -0.39 is 5.60 Å². The highest BCUT2D eigenvalue weighted by Crippen LogP contribution is 2.33. The molecule has 0 unspecified atom stereocenters. The maximum atomic E-state index is 13.0. The Morgan fingerprint density at radius 1 is 1.33 bits per heavy atom. The number of rotatable bonds is 3. The minimum Gasteiger partial charge on any atom is -0.382 e. The molecule has 0 spiro atoms. The molecule has 128 valence electrons. The first-order valence-electron chi connectivity index (χ1n) is 8.72. The maximum Gasteiger partial charge on any atom is 0.270 e. The predicted octanol–water partition coefficient (Wildman–Crippen LogP) is 1.85. The van der Waals surface area contributed by atoms with Crippen LogP contribution in [-0.2, 0) is 5.60 Å². The molecule has 1 aliphatic carbocycles. The summed E-state index contributed by atoms with van der Waals surface area (Å²) >= 11 is 0. The lowest BCUT2D eigenvalue weighted by Crippen LogP contribution is -2.49. The van der Waals surface area contributed by atoms with Gasteiger partial charge in [0.2, 0.25) is 0 Å². The van der Waals surface area contributed by atoms with Gasteiger partial charge in [-0.05, 0) is 37.8 Å². The predicted molar refractivity (Wildman–Crippen MR) is 87.4 cm³/mol.